The molecule has 2 aromatic rings. The molecule has 0 saturated heterocycles. The Kier molecular flexibility index (Phi) is 4.13. The van der Waals surface area contributed by atoms with Crippen molar-refractivity contribution in [3.63, 3.8) is 0 Å². The monoisotopic (exact) mass is 352 g/mol. The minimum absolute atomic E-state index is 0.193. The third kappa shape index (κ3) is 2.77. The summed E-state index contributed by atoms with van der Waals surface area (Å²) in [5, 5.41) is 0.193. The Morgan fingerprint density at radius 3 is 2.80 bits per heavy atom. The normalized spacial score (nSPS) is 21.6. The Hall–Kier alpha value is -0.860. The van der Waals surface area contributed by atoms with Crippen LogP contribution in [0.25, 0.3) is 0 Å². The van der Waals surface area contributed by atoms with Gasteiger partial charge in [-0.15, -0.1) is 0 Å². The van der Waals surface area contributed by atoms with Crippen LogP contribution in [-0.2, 0) is 12.8 Å². The zero-order chi connectivity index (χ0) is 14.1. The van der Waals surface area contributed by atoms with Crippen molar-refractivity contribution >= 4 is 27.5 Å². The first-order chi connectivity index (χ1) is 9.65. The van der Waals surface area contributed by atoms with Crippen molar-refractivity contribution in [2.45, 2.75) is 24.1 Å². The van der Waals surface area contributed by atoms with E-state index in [1.807, 2.05) is 6.07 Å². The maximum atomic E-state index is 13.5. The van der Waals surface area contributed by atoms with E-state index in [-0.39, 0.29) is 10.8 Å². The summed E-state index contributed by atoms with van der Waals surface area (Å²) in [5.74, 6) is 0.164. The summed E-state index contributed by atoms with van der Waals surface area (Å²) in [5.41, 5.74) is 3.81. The van der Waals surface area contributed by atoms with Crippen molar-refractivity contribution in [1.82, 2.24) is 0 Å². The van der Waals surface area contributed by atoms with Gasteiger partial charge < -0.3 is 0 Å². The van der Waals surface area contributed by atoms with Crippen LogP contribution in [0.3, 0.4) is 0 Å². The van der Waals surface area contributed by atoms with E-state index in [1.165, 1.54) is 11.1 Å². The topological polar surface area (TPSA) is 0 Å². The van der Waals surface area contributed by atoms with Crippen molar-refractivity contribution < 1.29 is 4.39 Å². The molecule has 0 spiro atoms. The molecule has 3 rings (SSSR count). The number of hydrogen-bond donors (Lipinski definition) is 0. The number of benzene rings is 2. The highest BCUT2D eigenvalue weighted by atomic mass is 79.9. The summed E-state index contributed by atoms with van der Waals surface area (Å²) in [6.07, 6.45) is 3.09. The molecule has 2 aromatic carbocycles. The third-order valence-corrected chi connectivity index (χ3v) is 5.58. The average Bonchev–Trinajstić information content (AvgIpc) is 2.46. The number of fused-ring (bicyclic) bond motifs is 1. The molecule has 20 heavy (non-hydrogen) atoms. The summed E-state index contributed by atoms with van der Waals surface area (Å²) in [7, 11) is 0. The van der Waals surface area contributed by atoms with E-state index < -0.39 is 0 Å². The standard InChI is InChI=1S/C17H15BrClF/c18-17-13(7-6-12-3-1-2-4-14(12)17)9-11-5-8-15(19)16(20)10-11/h1-5,8,10,13,17H,6-7,9H2. The van der Waals surface area contributed by atoms with Crippen molar-refractivity contribution in [2.24, 2.45) is 5.92 Å². The van der Waals surface area contributed by atoms with Crippen molar-refractivity contribution in [1.29, 1.82) is 0 Å². The molecule has 2 unspecified atom stereocenters. The molecule has 0 radical (unpaired) electrons. The Balaban J connectivity index is 1.81. The largest absolute Gasteiger partial charge is 0.205 e. The summed E-state index contributed by atoms with van der Waals surface area (Å²) >= 11 is 9.56. The fraction of sp³-hybridized carbons (Fsp3) is 0.294. The lowest BCUT2D eigenvalue weighted by molar-refractivity contribution is 0.451. The van der Waals surface area contributed by atoms with Gasteiger partial charge in [-0.1, -0.05) is 57.9 Å². The number of hydrogen-bond acceptors (Lipinski definition) is 0. The summed E-state index contributed by atoms with van der Waals surface area (Å²) < 4.78 is 13.5. The molecular weight excluding hydrogens is 339 g/mol. The fourth-order valence-corrected chi connectivity index (χ4v) is 3.96. The Bertz CT molecular complexity index is 626. The molecule has 2 atom stereocenters. The van der Waals surface area contributed by atoms with E-state index in [2.05, 4.69) is 40.2 Å². The van der Waals surface area contributed by atoms with Gasteiger partial charge in [0.25, 0.3) is 0 Å². The zero-order valence-electron chi connectivity index (χ0n) is 11.0. The lowest BCUT2D eigenvalue weighted by Gasteiger charge is -2.30. The van der Waals surface area contributed by atoms with Crippen LogP contribution in [0.2, 0.25) is 5.02 Å². The molecule has 3 heteroatoms. The smallest absolute Gasteiger partial charge is 0.142 e. The van der Waals surface area contributed by atoms with Crippen LogP contribution in [-0.4, -0.2) is 0 Å². The molecule has 0 aromatic heterocycles. The molecule has 0 aliphatic heterocycles. The lowest BCUT2D eigenvalue weighted by Crippen LogP contribution is -2.18. The minimum atomic E-state index is -0.327. The molecule has 1 aliphatic carbocycles. The average molecular weight is 354 g/mol. The van der Waals surface area contributed by atoms with Gasteiger partial charge in [0.15, 0.2) is 0 Å². The molecular formula is C17H15BrClF. The van der Waals surface area contributed by atoms with Crippen LogP contribution in [0.4, 0.5) is 4.39 Å². The second kappa shape index (κ2) is 5.87. The number of alkyl halides is 1. The first-order valence-electron chi connectivity index (χ1n) is 6.81. The molecule has 104 valence electrons. The van der Waals surface area contributed by atoms with Gasteiger partial charge in [-0.2, -0.15) is 0 Å². The van der Waals surface area contributed by atoms with E-state index in [4.69, 9.17) is 11.6 Å². The van der Waals surface area contributed by atoms with Crippen LogP contribution in [0.1, 0.15) is 27.9 Å². The Labute approximate surface area is 132 Å². The quantitative estimate of drug-likeness (QED) is 0.606. The van der Waals surface area contributed by atoms with Gasteiger partial charge in [-0.3, -0.25) is 0 Å². The maximum absolute atomic E-state index is 13.5. The highest BCUT2D eigenvalue weighted by Crippen LogP contribution is 2.42. The maximum Gasteiger partial charge on any atom is 0.142 e. The Morgan fingerprint density at radius 1 is 1.20 bits per heavy atom. The molecule has 0 amide bonds. The number of rotatable bonds is 2. The van der Waals surface area contributed by atoms with Gasteiger partial charge in [0.05, 0.1) is 5.02 Å². The molecule has 0 saturated carbocycles. The van der Waals surface area contributed by atoms with Gasteiger partial charge in [-0.05, 0) is 54.0 Å². The van der Waals surface area contributed by atoms with Gasteiger partial charge in [0.1, 0.15) is 5.82 Å². The van der Waals surface area contributed by atoms with Crippen LogP contribution in [0.15, 0.2) is 42.5 Å². The van der Waals surface area contributed by atoms with E-state index in [9.17, 15) is 4.39 Å². The zero-order valence-corrected chi connectivity index (χ0v) is 13.3. The predicted molar refractivity (Wildman–Crippen MR) is 85.0 cm³/mol. The van der Waals surface area contributed by atoms with E-state index >= 15 is 0 Å². The van der Waals surface area contributed by atoms with Crippen LogP contribution < -0.4 is 0 Å². The molecule has 0 heterocycles. The van der Waals surface area contributed by atoms with Crippen LogP contribution in [0, 0.1) is 11.7 Å². The van der Waals surface area contributed by atoms with Gasteiger partial charge in [0, 0.05) is 4.83 Å². The van der Waals surface area contributed by atoms with E-state index in [1.54, 1.807) is 12.1 Å². The van der Waals surface area contributed by atoms with Crippen molar-refractivity contribution in [3.05, 3.63) is 70.0 Å². The van der Waals surface area contributed by atoms with Gasteiger partial charge >= 0.3 is 0 Å². The molecule has 0 nitrogen and oxygen atoms in total. The first-order valence-corrected chi connectivity index (χ1v) is 8.10. The highest BCUT2D eigenvalue weighted by Gasteiger charge is 2.27. The Morgan fingerprint density at radius 2 is 2.00 bits per heavy atom. The number of halogens is 3. The van der Waals surface area contributed by atoms with Crippen molar-refractivity contribution in [2.75, 3.05) is 0 Å². The number of aryl methyl sites for hydroxylation is 1. The lowest BCUT2D eigenvalue weighted by atomic mass is 9.81. The molecule has 0 bridgehead atoms. The second-order valence-corrected chi connectivity index (χ2v) is 6.75. The fourth-order valence-electron chi connectivity index (χ4n) is 2.95. The van der Waals surface area contributed by atoms with Gasteiger partial charge in [-0.25, -0.2) is 4.39 Å². The van der Waals surface area contributed by atoms with Crippen molar-refractivity contribution in [3.8, 4) is 0 Å². The molecule has 0 N–H and O–H groups in total. The SMILES string of the molecule is Fc1cc(CC2CCc3ccccc3C2Br)ccc1Cl. The summed E-state index contributed by atoms with van der Waals surface area (Å²) in [6.45, 7) is 0. The third-order valence-electron chi connectivity index (χ3n) is 4.03. The highest BCUT2D eigenvalue weighted by molar-refractivity contribution is 9.09. The van der Waals surface area contributed by atoms with E-state index in [0.29, 0.717) is 10.7 Å². The molecule has 0 fully saturated rings. The predicted octanol–water partition coefficient (Wildman–Crippen LogP) is 5.72. The summed E-state index contributed by atoms with van der Waals surface area (Å²) in [6, 6.07) is 13.7. The van der Waals surface area contributed by atoms with Crippen LogP contribution >= 0.6 is 27.5 Å². The van der Waals surface area contributed by atoms with E-state index in [0.717, 1.165) is 24.8 Å². The summed E-state index contributed by atoms with van der Waals surface area (Å²) in [4.78, 5) is 0.339. The minimum Gasteiger partial charge on any atom is -0.205 e. The first kappa shape index (κ1) is 14.1. The second-order valence-electron chi connectivity index (χ2n) is 5.35. The van der Waals surface area contributed by atoms with Gasteiger partial charge in [0.2, 0.25) is 0 Å². The molecule has 1 aliphatic rings. The van der Waals surface area contributed by atoms with Crippen LogP contribution in [0.5, 0.6) is 0 Å².